The summed E-state index contributed by atoms with van der Waals surface area (Å²) in [5.41, 5.74) is 2.02. The van der Waals surface area contributed by atoms with Gasteiger partial charge in [0, 0.05) is 12.1 Å². The predicted molar refractivity (Wildman–Crippen MR) is 83.5 cm³/mol. The van der Waals surface area contributed by atoms with Crippen molar-refractivity contribution in [1.29, 1.82) is 0 Å². The molecule has 2 rings (SSSR count). The Labute approximate surface area is 131 Å². The van der Waals surface area contributed by atoms with Gasteiger partial charge < -0.3 is 4.74 Å². The lowest BCUT2D eigenvalue weighted by atomic mass is 10.1. The maximum absolute atomic E-state index is 11.9. The van der Waals surface area contributed by atoms with Gasteiger partial charge in [-0.25, -0.2) is 4.79 Å². The Morgan fingerprint density at radius 3 is 2.59 bits per heavy atom. The molecule has 0 spiro atoms. The fourth-order valence-corrected chi connectivity index (χ4v) is 2.74. The van der Waals surface area contributed by atoms with Crippen LogP contribution in [0.3, 0.4) is 0 Å². The number of amides is 1. The largest absolute Gasteiger partial charge is 0.444 e. The SMILES string of the molecule is CCCc1ccc(N2C[C@@H](CCOS(C)(=O)=O)OC2=O)cc1. The van der Waals surface area contributed by atoms with Gasteiger partial charge in [-0.3, -0.25) is 9.08 Å². The normalized spacial score (nSPS) is 18.5. The molecule has 0 unspecified atom stereocenters. The first-order valence-electron chi connectivity index (χ1n) is 7.30. The van der Waals surface area contributed by atoms with Crippen molar-refractivity contribution in [3.8, 4) is 0 Å². The van der Waals surface area contributed by atoms with Crippen LogP contribution in [0, 0.1) is 0 Å². The van der Waals surface area contributed by atoms with E-state index in [2.05, 4.69) is 11.1 Å². The number of ether oxygens (including phenoxy) is 1. The molecule has 0 bridgehead atoms. The van der Waals surface area contributed by atoms with E-state index >= 15 is 0 Å². The Bertz CT molecular complexity index is 611. The van der Waals surface area contributed by atoms with Crippen LogP contribution >= 0.6 is 0 Å². The van der Waals surface area contributed by atoms with Crippen LogP contribution in [0.25, 0.3) is 0 Å². The quantitative estimate of drug-likeness (QED) is 0.719. The van der Waals surface area contributed by atoms with E-state index in [9.17, 15) is 13.2 Å². The first-order valence-corrected chi connectivity index (χ1v) is 9.12. The zero-order valence-corrected chi connectivity index (χ0v) is 13.6. The topological polar surface area (TPSA) is 72.9 Å². The molecule has 7 heteroatoms. The third-order valence-electron chi connectivity index (χ3n) is 3.40. The summed E-state index contributed by atoms with van der Waals surface area (Å²) in [5, 5.41) is 0. The molecule has 0 radical (unpaired) electrons. The smallest absolute Gasteiger partial charge is 0.414 e. The van der Waals surface area contributed by atoms with Crippen molar-refractivity contribution in [3.05, 3.63) is 29.8 Å². The van der Waals surface area contributed by atoms with Gasteiger partial charge in [0.1, 0.15) is 6.10 Å². The molecule has 0 aliphatic carbocycles. The van der Waals surface area contributed by atoms with Crippen molar-refractivity contribution in [2.75, 3.05) is 24.3 Å². The molecule has 22 heavy (non-hydrogen) atoms. The second-order valence-corrected chi connectivity index (χ2v) is 6.99. The molecule has 0 N–H and O–H groups in total. The Hall–Kier alpha value is -1.60. The number of hydrogen-bond donors (Lipinski definition) is 0. The van der Waals surface area contributed by atoms with E-state index in [1.54, 1.807) is 4.90 Å². The number of anilines is 1. The zero-order valence-electron chi connectivity index (χ0n) is 12.8. The van der Waals surface area contributed by atoms with Crippen molar-refractivity contribution in [3.63, 3.8) is 0 Å². The average Bonchev–Trinajstić information content (AvgIpc) is 2.80. The second-order valence-electron chi connectivity index (χ2n) is 5.35. The third kappa shape index (κ3) is 4.71. The Morgan fingerprint density at radius 1 is 1.32 bits per heavy atom. The highest BCUT2D eigenvalue weighted by molar-refractivity contribution is 7.85. The van der Waals surface area contributed by atoms with Gasteiger partial charge in [-0.05, 0) is 24.1 Å². The average molecular weight is 327 g/mol. The fourth-order valence-electron chi connectivity index (χ4n) is 2.34. The predicted octanol–water partition coefficient (Wildman–Crippen LogP) is 2.33. The number of hydrogen-bond acceptors (Lipinski definition) is 5. The Balaban J connectivity index is 1.91. The minimum Gasteiger partial charge on any atom is -0.444 e. The molecule has 122 valence electrons. The van der Waals surface area contributed by atoms with E-state index in [0.717, 1.165) is 24.8 Å². The molecule has 1 aliphatic rings. The van der Waals surface area contributed by atoms with Gasteiger partial charge in [-0.2, -0.15) is 8.42 Å². The summed E-state index contributed by atoms with van der Waals surface area (Å²) in [6.07, 6.45) is 2.67. The van der Waals surface area contributed by atoms with Crippen molar-refractivity contribution >= 4 is 21.9 Å². The Kier molecular flexibility index (Phi) is 5.42. The van der Waals surface area contributed by atoms with E-state index in [-0.39, 0.29) is 12.7 Å². The van der Waals surface area contributed by atoms with Crippen LogP contribution in [-0.4, -0.2) is 40.0 Å². The molecule has 1 aromatic carbocycles. The standard InChI is InChI=1S/C15H21NO5S/c1-3-4-12-5-7-13(8-6-12)16-11-14(21-15(16)17)9-10-20-22(2,18)19/h5-8,14H,3-4,9-11H2,1-2H3/t14-/m1/s1. The van der Waals surface area contributed by atoms with Gasteiger partial charge in [-0.15, -0.1) is 0 Å². The van der Waals surface area contributed by atoms with Crippen LogP contribution in [0.4, 0.5) is 10.5 Å². The molecular formula is C15H21NO5S. The van der Waals surface area contributed by atoms with Gasteiger partial charge >= 0.3 is 6.09 Å². The lowest BCUT2D eigenvalue weighted by Gasteiger charge is -2.13. The van der Waals surface area contributed by atoms with E-state index in [0.29, 0.717) is 13.0 Å². The molecule has 1 heterocycles. The van der Waals surface area contributed by atoms with Crippen LogP contribution in [0.15, 0.2) is 24.3 Å². The van der Waals surface area contributed by atoms with Crippen molar-refractivity contribution in [2.24, 2.45) is 0 Å². The summed E-state index contributed by atoms with van der Waals surface area (Å²) < 4.78 is 31.7. The highest BCUT2D eigenvalue weighted by Gasteiger charge is 2.32. The summed E-state index contributed by atoms with van der Waals surface area (Å²) in [4.78, 5) is 13.5. The lowest BCUT2D eigenvalue weighted by molar-refractivity contribution is 0.126. The second kappa shape index (κ2) is 7.11. The highest BCUT2D eigenvalue weighted by atomic mass is 32.2. The summed E-state index contributed by atoms with van der Waals surface area (Å²) in [6.45, 7) is 2.54. The van der Waals surface area contributed by atoms with Crippen LogP contribution < -0.4 is 4.90 Å². The number of carbonyl (C=O) groups is 1. The van der Waals surface area contributed by atoms with Crippen LogP contribution in [0.5, 0.6) is 0 Å². The number of nitrogens with zero attached hydrogens (tertiary/aromatic N) is 1. The maximum Gasteiger partial charge on any atom is 0.414 e. The molecule has 0 aromatic heterocycles. The summed E-state index contributed by atoms with van der Waals surface area (Å²) in [5.74, 6) is 0. The minimum atomic E-state index is -3.46. The molecule has 1 aromatic rings. The first-order chi connectivity index (χ1) is 10.4. The van der Waals surface area contributed by atoms with E-state index in [4.69, 9.17) is 4.74 Å². The minimum absolute atomic E-state index is 0.0139. The van der Waals surface area contributed by atoms with Crippen molar-refractivity contribution in [1.82, 2.24) is 0 Å². The summed E-state index contributed by atoms with van der Waals surface area (Å²) in [7, 11) is -3.46. The Morgan fingerprint density at radius 2 is 2.00 bits per heavy atom. The van der Waals surface area contributed by atoms with Gasteiger partial charge in [0.2, 0.25) is 0 Å². The molecular weight excluding hydrogens is 306 g/mol. The molecule has 1 atom stereocenters. The van der Waals surface area contributed by atoms with Gasteiger partial charge in [0.25, 0.3) is 10.1 Å². The molecule has 0 saturated carbocycles. The molecule has 1 aliphatic heterocycles. The van der Waals surface area contributed by atoms with Crippen LogP contribution in [0.2, 0.25) is 0 Å². The fraction of sp³-hybridized carbons (Fsp3) is 0.533. The molecule has 1 saturated heterocycles. The highest BCUT2D eigenvalue weighted by Crippen LogP contribution is 2.23. The van der Waals surface area contributed by atoms with Crippen molar-refractivity contribution in [2.45, 2.75) is 32.3 Å². The maximum atomic E-state index is 11.9. The van der Waals surface area contributed by atoms with Gasteiger partial charge in [0.05, 0.1) is 19.4 Å². The first kappa shape index (κ1) is 16.8. The number of rotatable bonds is 7. The summed E-state index contributed by atoms with van der Waals surface area (Å²) >= 11 is 0. The third-order valence-corrected chi connectivity index (χ3v) is 3.99. The van der Waals surface area contributed by atoms with E-state index < -0.39 is 16.2 Å². The number of carbonyl (C=O) groups excluding carboxylic acids is 1. The molecule has 1 fully saturated rings. The molecule has 1 amide bonds. The zero-order chi connectivity index (χ0) is 16.2. The van der Waals surface area contributed by atoms with Gasteiger partial charge in [-0.1, -0.05) is 25.5 Å². The van der Waals surface area contributed by atoms with E-state index in [1.165, 1.54) is 5.56 Å². The molecule has 6 nitrogen and oxygen atoms in total. The van der Waals surface area contributed by atoms with Crippen LogP contribution in [-0.2, 0) is 25.5 Å². The number of aryl methyl sites for hydroxylation is 1. The van der Waals surface area contributed by atoms with Crippen LogP contribution in [0.1, 0.15) is 25.3 Å². The monoisotopic (exact) mass is 327 g/mol. The number of cyclic esters (lactones) is 1. The number of benzene rings is 1. The van der Waals surface area contributed by atoms with Crippen molar-refractivity contribution < 1.29 is 22.1 Å². The van der Waals surface area contributed by atoms with Gasteiger partial charge in [0.15, 0.2) is 0 Å². The van der Waals surface area contributed by atoms with E-state index in [1.807, 2.05) is 24.3 Å². The summed E-state index contributed by atoms with van der Waals surface area (Å²) in [6, 6.07) is 7.82. The lowest BCUT2D eigenvalue weighted by Crippen LogP contribution is -2.24.